The molecule has 4 nitrogen and oxygen atoms in total. The van der Waals surface area contributed by atoms with Gasteiger partial charge in [0.2, 0.25) is 0 Å². The first-order valence-corrected chi connectivity index (χ1v) is 8.35. The summed E-state index contributed by atoms with van der Waals surface area (Å²) < 4.78 is 24.7. The number of nitrogens with zero attached hydrogens (tertiary/aromatic N) is 1. The highest BCUT2D eigenvalue weighted by Crippen LogP contribution is 2.26. The first-order chi connectivity index (χ1) is 11.0. The highest BCUT2D eigenvalue weighted by Gasteiger charge is 2.14. The van der Waals surface area contributed by atoms with E-state index in [1.54, 1.807) is 11.4 Å². The number of rotatable bonds is 4. The molecule has 0 aliphatic rings. The minimum Gasteiger partial charge on any atom is -0.459 e. The Bertz CT molecular complexity index is 859. The molecule has 3 aromatic rings. The normalized spacial score (nSPS) is 10.7. The van der Waals surface area contributed by atoms with E-state index in [0.717, 1.165) is 5.76 Å². The van der Waals surface area contributed by atoms with Crippen LogP contribution in [0.5, 0.6) is 5.75 Å². The first kappa shape index (κ1) is 15.9. The Morgan fingerprint density at radius 1 is 1.39 bits per heavy atom. The number of aromatic nitrogens is 1. The van der Waals surface area contributed by atoms with Crippen LogP contribution in [0, 0.1) is 12.7 Å². The molecule has 23 heavy (non-hydrogen) atoms. The van der Waals surface area contributed by atoms with E-state index < -0.39 is 11.8 Å². The van der Waals surface area contributed by atoms with Crippen molar-refractivity contribution < 1.29 is 18.3 Å². The molecule has 3 rings (SSSR count). The van der Waals surface area contributed by atoms with Gasteiger partial charge in [0.15, 0.2) is 22.3 Å². The number of thiazole rings is 1. The second-order valence-electron chi connectivity index (χ2n) is 4.78. The quantitative estimate of drug-likeness (QED) is 0.471. The van der Waals surface area contributed by atoms with Crippen LogP contribution in [0.4, 0.5) is 4.39 Å². The second-order valence-corrected chi connectivity index (χ2v) is 6.55. The Labute approximate surface area is 144 Å². The average Bonchev–Trinajstić information content (AvgIpc) is 3.11. The zero-order valence-electron chi connectivity index (χ0n) is 12.0. The lowest BCUT2D eigenvalue weighted by molar-refractivity contribution is -0.133. The maximum atomic E-state index is 13.6. The molecular formula is C16H11BrFNO3S. The first-order valence-electron chi connectivity index (χ1n) is 6.68. The van der Waals surface area contributed by atoms with Gasteiger partial charge < -0.3 is 9.15 Å². The van der Waals surface area contributed by atoms with Crippen molar-refractivity contribution in [2.24, 2.45) is 0 Å². The topological polar surface area (TPSA) is 52.3 Å². The third-order valence-electron chi connectivity index (χ3n) is 2.95. The van der Waals surface area contributed by atoms with Crippen molar-refractivity contribution in [3.8, 4) is 16.5 Å². The van der Waals surface area contributed by atoms with Crippen molar-refractivity contribution in [3.05, 3.63) is 57.5 Å². The van der Waals surface area contributed by atoms with Crippen molar-refractivity contribution in [1.29, 1.82) is 0 Å². The van der Waals surface area contributed by atoms with Crippen molar-refractivity contribution in [2.75, 3.05) is 0 Å². The fraction of sp³-hybridized carbons (Fsp3) is 0.125. The minimum absolute atomic E-state index is 0.0360. The molecule has 0 N–H and O–H groups in total. The molecule has 7 heteroatoms. The summed E-state index contributed by atoms with van der Waals surface area (Å²) in [6.45, 7) is 1.85. The minimum atomic E-state index is -0.599. The van der Waals surface area contributed by atoms with Crippen molar-refractivity contribution in [3.63, 3.8) is 0 Å². The fourth-order valence-electron chi connectivity index (χ4n) is 1.92. The Morgan fingerprint density at radius 3 is 2.91 bits per heavy atom. The van der Waals surface area contributed by atoms with Gasteiger partial charge in [-0.25, -0.2) is 9.37 Å². The predicted molar refractivity (Wildman–Crippen MR) is 88.0 cm³/mol. The number of benzene rings is 1. The lowest BCUT2D eigenvalue weighted by Gasteiger charge is -2.04. The zero-order chi connectivity index (χ0) is 16.4. The van der Waals surface area contributed by atoms with E-state index in [1.165, 1.54) is 23.5 Å². The van der Waals surface area contributed by atoms with Crippen LogP contribution in [-0.4, -0.2) is 11.0 Å². The Kier molecular flexibility index (Phi) is 4.58. The summed E-state index contributed by atoms with van der Waals surface area (Å²) in [5.41, 5.74) is 0.557. The van der Waals surface area contributed by atoms with Crippen molar-refractivity contribution in [1.82, 2.24) is 4.98 Å². The summed E-state index contributed by atoms with van der Waals surface area (Å²) in [6.07, 6.45) is -0.0360. The molecule has 0 fully saturated rings. The van der Waals surface area contributed by atoms with E-state index in [0.29, 0.717) is 20.9 Å². The van der Waals surface area contributed by atoms with Crippen LogP contribution in [0.1, 0.15) is 11.5 Å². The number of ether oxygens (including phenoxy) is 1. The maximum Gasteiger partial charge on any atom is 0.317 e. The number of furan rings is 1. The number of carbonyl (C=O) groups excluding carboxylic acids is 1. The van der Waals surface area contributed by atoms with Crippen molar-refractivity contribution >= 4 is 33.2 Å². The molecule has 0 aliphatic heterocycles. The SMILES string of the molecule is Cc1ccc(-c2nc(CC(=O)Oc3ccc(Br)cc3F)cs2)o1. The molecule has 2 aromatic heterocycles. The van der Waals surface area contributed by atoms with E-state index in [-0.39, 0.29) is 12.2 Å². The Morgan fingerprint density at radius 2 is 2.22 bits per heavy atom. The van der Waals surface area contributed by atoms with Gasteiger partial charge in [-0.15, -0.1) is 11.3 Å². The summed E-state index contributed by atoms with van der Waals surface area (Å²) >= 11 is 4.52. The maximum absolute atomic E-state index is 13.6. The summed E-state index contributed by atoms with van der Waals surface area (Å²) in [6, 6.07) is 7.92. The summed E-state index contributed by atoms with van der Waals surface area (Å²) in [5.74, 6) is 0.180. The Balaban J connectivity index is 1.67. The van der Waals surface area contributed by atoms with Gasteiger partial charge in [-0.3, -0.25) is 4.79 Å². The molecular weight excluding hydrogens is 385 g/mol. The van der Waals surface area contributed by atoms with Crippen LogP contribution in [0.2, 0.25) is 0 Å². The average molecular weight is 396 g/mol. The number of esters is 1. The largest absolute Gasteiger partial charge is 0.459 e. The van der Waals surface area contributed by atoms with Crippen LogP contribution in [0.3, 0.4) is 0 Å². The van der Waals surface area contributed by atoms with Gasteiger partial charge in [-0.2, -0.15) is 0 Å². The zero-order valence-corrected chi connectivity index (χ0v) is 14.4. The number of halogens is 2. The van der Waals surface area contributed by atoms with Crippen molar-refractivity contribution in [2.45, 2.75) is 13.3 Å². The van der Waals surface area contributed by atoms with E-state index in [9.17, 15) is 9.18 Å². The summed E-state index contributed by atoms with van der Waals surface area (Å²) in [4.78, 5) is 16.2. The third-order valence-corrected chi connectivity index (χ3v) is 4.34. The van der Waals surface area contributed by atoms with Crippen LogP contribution in [-0.2, 0) is 11.2 Å². The molecule has 1 aromatic carbocycles. The molecule has 0 atom stereocenters. The molecule has 0 saturated heterocycles. The fourth-order valence-corrected chi connectivity index (χ4v) is 3.03. The predicted octanol–water partition coefficient (Wildman–Crippen LogP) is 4.76. The van der Waals surface area contributed by atoms with Gasteiger partial charge in [-0.05, 0) is 37.3 Å². The molecule has 0 unspecified atom stereocenters. The Hall–Kier alpha value is -1.99. The molecule has 0 spiro atoms. The lowest BCUT2D eigenvalue weighted by atomic mass is 10.3. The monoisotopic (exact) mass is 395 g/mol. The van der Waals surface area contributed by atoms with Gasteiger partial charge in [0, 0.05) is 9.85 Å². The van der Waals surface area contributed by atoms with E-state index in [4.69, 9.17) is 9.15 Å². The van der Waals surface area contributed by atoms with Gasteiger partial charge in [0.05, 0.1) is 12.1 Å². The molecule has 0 radical (unpaired) electrons. The third kappa shape index (κ3) is 3.86. The van der Waals surface area contributed by atoms with E-state index in [1.807, 2.05) is 19.1 Å². The van der Waals surface area contributed by atoms with Gasteiger partial charge in [0.1, 0.15) is 5.76 Å². The smallest absolute Gasteiger partial charge is 0.317 e. The number of hydrogen-bond acceptors (Lipinski definition) is 5. The number of hydrogen-bond donors (Lipinski definition) is 0. The van der Waals surface area contributed by atoms with Gasteiger partial charge in [0.25, 0.3) is 0 Å². The molecule has 118 valence electrons. The summed E-state index contributed by atoms with van der Waals surface area (Å²) in [7, 11) is 0. The number of carbonyl (C=O) groups is 1. The van der Waals surface area contributed by atoms with E-state index in [2.05, 4.69) is 20.9 Å². The van der Waals surface area contributed by atoms with E-state index >= 15 is 0 Å². The van der Waals surface area contributed by atoms with Gasteiger partial charge in [-0.1, -0.05) is 15.9 Å². The van der Waals surface area contributed by atoms with Crippen LogP contribution in [0.15, 0.2) is 44.6 Å². The standard InChI is InChI=1S/C16H11BrFNO3S/c1-9-2-4-14(21-9)16-19-11(8-23-16)7-15(20)22-13-5-3-10(17)6-12(13)18/h2-6,8H,7H2,1H3. The molecule has 0 aliphatic carbocycles. The molecule has 0 saturated carbocycles. The van der Waals surface area contributed by atoms with Crippen LogP contribution >= 0.6 is 27.3 Å². The molecule has 0 amide bonds. The highest BCUT2D eigenvalue weighted by molar-refractivity contribution is 9.10. The second kappa shape index (κ2) is 6.64. The number of aryl methyl sites for hydroxylation is 1. The van der Waals surface area contributed by atoms with Gasteiger partial charge >= 0.3 is 5.97 Å². The highest BCUT2D eigenvalue weighted by atomic mass is 79.9. The van der Waals surface area contributed by atoms with Crippen LogP contribution < -0.4 is 4.74 Å². The lowest BCUT2D eigenvalue weighted by Crippen LogP contribution is -2.12. The molecule has 2 heterocycles. The summed E-state index contributed by atoms with van der Waals surface area (Å²) in [5, 5.41) is 2.45. The van der Waals surface area contributed by atoms with Crippen LogP contribution in [0.25, 0.3) is 10.8 Å². The molecule has 0 bridgehead atoms.